The summed E-state index contributed by atoms with van der Waals surface area (Å²) in [6.45, 7) is 3.14. The zero-order valence-corrected chi connectivity index (χ0v) is 12.9. The summed E-state index contributed by atoms with van der Waals surface area (Å²) < 4.78 is 11.0. The number of nitrogens with one attached hydrogen (secondary N) is 1. The molecule has 0 radical (unpaired) electrons. The summed E-state index contributed by atoms with van der Waals surface area (Å²) in [7, 11) is 3.78. The van der Waals surface area contributed by atoms with Gasteiger partial charge in [0.05, 0.1) is 13.2 Å². The first-order valence-corrected chi connectivity index (χ1v) is 7.70. The van der Waals surface area contributed by atoms with E-state index >= 15 is 0 Å². The molecule has 1 saturated heterocycles. The molecule has 1 fully saturated rings. The minimum Gasteiger partial charge on any atom is -0.497 e. The molecule has 1 aromatic rings. The van der Waals surface area contributed by atoms with Crippen LogP contribution in [0.15, 0.2) is 24.3 Å². The Morgan fingerprint density at radius 1 is 1.35 bits per heavy atom. The van der Waals surface area contributed by atoms with E-state index in [1.807, 2.05) is 12.1 Å². The maximum atomic E-state index is 5.82. The molecule has 1 aliphatic heterocycles. The van der Waals surface area contributed by atoms with Crippen LogP contribution in [0.25, 0.3) is 0 Å². The predicted octanol–water partition coefficient (Wildman–Crippen LogP) is 3.03. The van der Waals surface area contributed by atoms with E-state index in [9.17, 15) is 0 Å². The Morgan fingerprint density at radius 2 is 2.10 bits per heavy atom. The Hall–Kier alpha value is -1.06. The fourth-order valence-corrected chi connectivity index (χ4v) is 3.23. The van der Waals surface area contributed by atoms with Crippen LogP contribution in [0, 0.1) is 5.92 Å². The van der Waals surface area contributed by atoms with E-state index in [4.69, 9.17) is 9.47 Å². The fraction of sp³-hybridized carbons (Fsp3) is 0.647. The van der Waals surface area contributed by atoms with Gasteiger partial charge < -0.3 is 14.8 Å². The van der Waals surface area contributed by atoms with Crippen molar-refractivity contribution in [3.8, 4) is 5.75 Å². The minimum absolute atomic E-state index is 0.434. The van der Waals surface area contributed by atoms with E-state index < -0.39 is 0 Å². The second-order valence-electron chi connectivity index (χ2n) is 5.55. The highest BCUT2D eigenvalue weighted by molar-refractivity contribution is 5.27. The molecule has 0 spiro atoms. The number of hydrogen-bond donors (Lipinski definition) is 1. The van der Waals surface area contributed by atoms with Gasteiger partial charge in [0.15, 0.2) is 0 Å². The van der Waals surface area contributed by atoms with E-state index in [2.05, 4.69) is 31.4 Å². The van der Waals surface area contributed by atoms with Gasteiger partial charge in [-0.1, -0.05) is 19.1 Å². The first-order chi connectivity index (χ1) is 9.78. The van der Waals surface area contributed by atoms with Crippen molar-refractivity contribution in [2.24, 2.45) is 5.92 Å². The number of hydrogen-bond acceptors (Lipinski definition) is 3. The van der Waals surface area contributed by atoms with Crippen LogP contribution in [-0.4, -0.2) is 32.9 Å². The molecule has 2 rings (SSSR count). The molecule has 0 bridgehead atoms. The third-order valence-electron chi connectivity index (χ3n) is 4.45. The topological polar surface area (TPSA) is 30.5 Å². The summed E-state index contributed by atoms with van der Waals surface area (Å²) in [6, 6.07) is 8.95. The van der Waals surface area contributed by atoms with Crippen molar-refractivity contribution in [2.75, 3.05) is 20.8 Å². The van der Waals surface area contributed by atoms with Gasteiger partial charge in [0.2, 0.25) is 0 Å². The van der Waals surface area contributed by atoms with Crippen LogP contribution in [0.4, 0.5) is 0 Å². The van der Waals surface area contributed by atoms with E-state index in [0.29, 0.717) is 18.1 Å². The van der Waals surface area contributed by atoms with Crippen LogP contribution in [-0.2, 0) is 11.2 Å². The SMILES string of the molecule is CCC1OCCC1C(CCc1ccc(OC)cc1)NC. The smallest absolute Gasteiger partial charge is 0.118 e. The van der Waals surface area contributed by atoms with Gasteiger partial charge in [-0.3, -0.25) is 0 Å². The van der Waals surface area contributed by atoms with Crippen molar-refractivity contribution in [3.05, 3.63) is 29.8 Å². The summed E-state index contributed by atoms with van der Waals surface area (Å²) >= 11 is 0. The lowest BCUT2D eigenvalue weighted by Crippen LogP contribution is -2.38. The maximum Gasteiger partial charge on any atom is 0.118 e. The minimum atomic E-state index is 0.434. The van der Waals surface area contributed by atoms with Gasteiger partial charge in [-0.15, -0.1) is 0 Å². The van der Waals surface area contributed by atoms with Crippen LogP contribution in [0.2, 0.25) is 0 Å². The fourth-order valence-electron chi connectivity index (χ4n) is 3.23. The summed E-state index contributed by atoms with van der Waals surface area (Å²) in [6.07, 6.45) is 5.00. The third-order valence-corrected chi connectivity index (χ3v) is 4.45. The molecule has 0 aromatic heterocycles. The molecule has 3 unspecified atom stereocenters. The Labute approximate surface area is 122 Å². The first-order valence-electron chi connectivity index (χ1n) is 7.70. The Kier molecular flexibility index (Phi) is 5.86. The molecule has 1 aliphatic rings. The molecule has 0 saturated carbocycles. The number of aryl methyl sites for hydroxylation is 1. The van der Waals surface area contributed by atoms with Gasteiger partial charge in [0.25, 0.3) is 0 Å². The largest absolute Gasteiger partial charge is 0.497 e. The molecule has 3 atom stereocenters. The zero-order chi connectivity index (χ0) is 14.4. The van der Waals surface area contributed by atoms with Crippen LogP contribution in [0.1, 0.15) is 31.7 Å². The van der Waals surface area contributed by atoms with E-state index in [0.717, 1.165) is 31.6 Å². The van der Waals surface area contributed by atoms with Gasteiger partial charge in [0, 0.05) is 18.6 Å². The van der Waals surface area contributed by atoms with Gasteiger partial charge in [-0.25, -0.2) is 0 Å². The van der Waals surface area contributed by atoms with Crippen molar-refractivity contribution in [1.82, 2.24) is 5.32 Å². The number of ether oxygens (including phenoxy) is 2. The standard InChI is InChI=1S/C17H27NO2/c1-4-17-15(11-12-20-17)16(18-2)10-7-13-5-8-14(19-3)9-6-13/h5-6,8-9,15-18H,4,7,10-12H2,1-3H3. The predicted molar refractivity (Wildman–Crippen MR) is 82.3 cm³/mol. The summed E-state index contributed by atoms with van der Waals surface area (Å²) in [5, 5.41) is 3.50. The second-order valence-corrected chi connectivity index (χ2v) is 5.55. The lowest BCUT2D eigenvalue weighted by atomic mass is 9.87. The third kappa shape index (κ3) is 3.74. The monoisotopic (exact) mass is 277 g/mol. The Bertz CT molecular complexity index is 390. The van der Waals surface area contributed by atoms with Gasteiger partial charge in [-0.05, 0) is 50.4 Å². The molecule has 112 valence electrons. The molecular formula is C17H27NO2. The van der Waals surface area contributed by atoms with Crippen molar-refractivity contribution in [2.45, 2.75) is 44.8 Å². The van der Waals surface area contributed by atoms with Crippen molar-refractivity contribution >= 4 is 0 Å². The van der Waals surface area contributed by atoms with Crippen LogP contribution in [0.3, 0.4) is 0 Å². The molecule has 1 aromatic carbocycles. The Balaban J connectivity index is 1.89. The molecular weight excluding hydrogens is 250 g/mol. The molecule has 20 heavy (non-hydrogen) atoms. The summed E-state index contributed by atoms with van der Waals surface area (Å²) in [5.41, 5.74) is 1.37. The van der Waals surface area contributed by atoms with E-state index in [1.165, 1.54) is 12.0 Å². The highest BCUT2D eigenvalue weighted by atomic mass is 16.5. The highest BCUT2D eigenvalue weighted by Gasteiger charge is 2.32. The molecule has 3 heteroatoms. The van der Waals surface area contributed by atoms with Crippen molar-refractivity contribution in [1.29, 1.82) is 0 Å². The van der Waals surface area contributed by atoms with E-state index in [-0.39, 0.29) is 0 Å². The molecule has 1 heterocycles. The molecule has 3 nitrogen and oxygen atoms in total. The molecule has 1 N–H and O–H groups in total. The van der Waals surface area contributed by atoms with E-state index in [1.54, 1.807) is 7.11 Å². The maximum absolute atomic E-state index is 5.82. The van der Waals surface area contributed by atoms with Crippen LogP contribution >= 0.6 is 0 Å². The Morgan fingerprint density at radius 3 is 2.70 bits per heavy atom. The first kappa shape index (κ1) is 15.3. The quantitative estimate of drug-likeness (QED) is 0.831. The van der Waals surface area contributed by atoms with Crippen LogP contribution < -0.4 is 10.1 Å². The van der Waals surface area contributed by atoms with Gasteiger partial charge in [-0.2, -0.15) is 0 Å². The van der Waals surface area contributed by atoms with Gasteiger partial charge in [0.1, 0.15) is 5.75 Å². The number of methoxy groups -OCH3 is 1. The van der Waals surface area contributed by atoms with Gasteiger partial charge >= 0.3 is 0 Å². The normalized spacial score (nSPS) is 23.8. The molecule has 0 aliphatic carbocycles. The van der Waals surface area contributed by atoms with Crippen LogP contribution in [0.5, 0.6) is 5.75 Å². The average molecular weight is 277 g/mol. The summed E-state index contributed by atoms with van der Waals surface area (Å²) in [5.74, 6) is 1.58. The summed E-state index contributed by atoms with van der Waals surface area (Å²) in [4.78, 5) is 0. The van der Waals surface area contributed by atoms with Crippen molar-refractivity contribution < 1.29 is 9.47 Å². The second kappa shape index (κ2) is 7.65. The number of rotatable bonds is 7. The lowest BCUT2D eigenvalue weighted by molar-refractivity contribution is 0.0774. The lowest BCUT2D eigenvalue weighted by Gasteiger charge is -2.27. The zero-order valence-electron chi connectivity index (χ0n) is 12.9. The highest BCUT2D eigenvalue weighted by Crippen LogP contribution is 2.28. The van der Waals surface area contributed by atoms with Crippen molar-refractivity contribution in [3.63, 3.8) is 0 Å². The number of benzene rings is 1. The molecule has 0 amide bonds. The average Bonchev–Trinajstić information content (AvgIpc) is 2.97.